The molecule has 0 spiro atoms. The van der Waals surface area contributed by atoms with E-state index < -0.39 is 6.04 Å². The number of nitrogens with one attached hydrogen (secondary N) is 2. The van der Waals surface area contributed by atoms with Gasteiger partial charge in [-0.3, -0.25) is 4.79 Å². The monoisotopic (exact) mass is 375 g/mol. The first-order chi connectivity index (χ1) is 11.1. The lowest BCUT2D eigenvalue weighted by Crippen LogP contribution is -2.34. The zero-order valence-electron chi connectivity index (χ0n) is 12.9. The van der Waals surface area contributed by atoms with E-state index in [1.807, 2.05) is 48.5 Å². The molecule has 0 saturated carbocycles. The van der Waals surface area contributed by atoms with Gasteiger partial charge < -0.3 is 10.1 Å². The van der Waals surface area contributed by atoms with Crippen molar-refractivity contribution in [1.82, 2.24) is 5.43 Å². The second-order valence-electron chi connectivity index (χ2n) is 4.88. The number of hydrogen-bond acceptors (Lipinski definition) is 4. The third-order valence-corrected chi connectivity index (χ3v) is 3.65. The van der Waals surface area contributed by atoms with Crippen LogP contribution in [0.1, 0.15) is 12.5 Å². The predicted molar refractivity (Wildman–Crippen MR) is 96.0 cm³/mol. The molecule has 0 aliphatic heterocycles. The first kappa shape index (κ1) is 17.0. The van der Waals surface area contributed by atoms with Crippen LogP contribution in [-0.4, -0.2) is 25.3 Å². The first-order valence-corrected chi connectivity index (χ1v) is 7.87. The molecular formula is C17H18BrN3O2. The molecule has 2 aromatic carbocycles. The summed E-state index contributed by atoms with van der Waals surface area (Å²) in [7, 11) is 1.61. The topological polar surface area (TPSA) is 62.7 Å². The van der Waals surface area contributed by atoms with Crippen LogP contribution < -0.4 is 15.5 Å². The quantitative estimate of drug-likeness (QED) is 0.600. The number of ether oxygens (including phenoxy) is 1. The van der Waals surface area contributed by atoms with Crippen molar-refractivity contribution in [2.75, 3.05) is 12.4 Å². The summed E-state index contributed by atoms with van der Waals surface area (Å²) < 4.78 is 6.09. The molecule has 1 amide bonds. The van der Waals surface area contributed by atoms with Crippen molar-refractivity contribution in [1.29, 1.82) is 0 Å². The fourth-order valence-electron chi connectivity index (χ4n) is 1.82. The fourth-order valence-corrected chi connectivity index (χ4v) is 2.08. The minimum Gasteiger partial charge on any atom is -0.497 e. The minimum atomic E-state index is -0.412. The maximum atomic E-state index is 12.0. The van der Waals surface area contributed by atoms with Crippen LogP contribution in [-0.2, 0) is 4.79 Å². The zero-order valence-corrected chi connectivity index (χ0v) is 14.5. The van der Waals surface area contributed by atoms with Crippen LogP contribution >= 0.6 is 15.9 Å². The van der Waals surface area contributed by atoms with E-state index in [2.05, 4.69) is 31.8 Å². The molecule has 120 valence electrons. The van der Waals surface area contributed by atoms with E-state index in [-0.39, 0.29) is 5.91 Å². The number of carbonyl (C=O) groups excluding carboxylic acids is 1. The number of hydrogen-bond donors (Lipinski definition) is 2. The molecule has 0 aliphatic rings. The van der Waals surface area contributed by atoms with E-state index in [0.29, 0.717) is 0 Å². The van der Waals surface area contributed by atoms with E-state index in [1.165, 1.54) is 0 Å². The Labute approximate surface area is 143 Å². The molecule has 23 heavy (non-hydrogen) atoms. The molecule has 0 aromatic heterocycles. The number of methoxy groups -OCH3 is 1. The predicted octanol–water partition coefficient (Wildman–Crippen LogP) is 3.41. The van der Waals surface area contributed by atoms with Crippen LogP contribution in [0.25, 0.3) is 0 Å². The zero-order chi connectivity index (χ0) is 16.7. The van der Waals surface area contributed by atoms with Crippen molar-refractivity contribution in [2.24, 2.45) is 5.10 Å². The number of rotatable bonds is 6. The fraction of sp³-hybridized carbons (Fsp3) is 0.176. The molecule has 2 N–H and O–H groups in total. The minimum absolute atomic E-state index is 0.214. The smallest absolute Gasteiger partial charge is 0.262 e. The Hall–Kier alpha value is -2.34. The molecule has 2 aromatic rings. The third kappa shape index (κ3) is 5.41. The van der Waals surface area contributed by atoms with Crippen LogP contribution in [0.5, 0.6) is 5.75 Å². The molecule has 0 heterocycles. The number of nitrogens with zero attached hydrogens (tertiary/aromatic N) is 1. The van der Waals surface area contributed by atoms with Crippen molar-refractivity contribution < 1.29 is 9.53 Å². The summed E-state index contributed by atoms with van der Waals surface area (Å²) in [6.45, 7) is 1.77. The number of amides is 1. The molecule has 6 heteroatoms. The summed E-state index contributed by atoms with van der Waals surface area (Å²) in [6.07, 6.45) is 1.60. The van der Waals surface area contributed by atoms with Gasteiger partial charge in [0, 0.05) is 10.2 Å². The summed E-state index contributed by atoms with van der Waals surface area (Å²) in [5.41, 5.74) is 4.26. The standard InChI is InChI=1S/C17H18BrN3O2/c1-12(20-15-7-9-16(23-2)10-8-15)17(22)21-19-11-13-3-5-14(18)6-4-13/h3-12,20H,1-2H3,(H,21,22)/b19-11+. The Morgan fingerprint density at radius 2 is 1.83 bits per heavy atom. The average molecular weight is 376 g/mol. The number of carbonyl (C=O) groups is 1. The van der Waals surface area contributed by atoms with Gasteiger partial charge in [0.25, 0.3) is 5.91 Å². The lowest BCUT2D eigenvalue weighted by atomic mass is 10.2. The third-order valence-electron chi connectivity index (χ3n) is 3.12. The Morgan fingerprint density at radius 3 is 2.43 bits per heavy atom. The molecule has 1 unspecified atom stereocenters. The maximum Gasteiger partial charge on any atom is 0.262 e. The van der Waals surface area contributed by atoms with Crippen molar-refractivity contribution in [3.8, 4) is 5.75 Å². The second kappa shape index (κ2) is 8.33. The van der Waals surface area contributed by atoms with Gasteiger partial charge in [-0.25, -0.2) is 5.43 Å². The Morgan fingerprint density at radius 1 is 1.17 bits per heavy atom. The summed E-state index contributed by atoms with van der Waals surface area (Å²) >= 11 is 3.37. The number of anilines is 1. The van der Waals surface area contributed by atoms with Crippen LogP contribution in [0.2, 0.25) is 0 Å². The molecule has 0 bridgehead atoms. The van der Waals surface area contributed by atoms with Crippen molar-refractivity contribution in [2.45, 2.75) is 13.0 Å². The van der Waals surface area contributed by atoms with E-state index >= 15 is 0 Å². The first-order valence-electron chi connectivity index (χ1n) is 7.07. The van der Waals surface area contributed by atoms with Crippen LogP contribution in [0.15, 0.2) is 58.1 Å². The number of benzene rings is 2. The normalized spacial score (nSPS) is 12.0. The van der Waals surface area contributed by atoms with E-state index in [4.69, 9.17) is 4.74 Å². The Bertz CT molecular complexity index is 669. The van der Waals surface area contributed by atoms with Gasteiger partial charge in [0.1, 0.15) is 11.8 Å². The van der Waals surface area contributed by atoms with Gasteiger partial charge in [-0.15, -0.1) is 0 Å². The lowest BCUT2D eigenvalue weighted by molar-refractivity contribution is -0.121. The van der Waals surface area contributed by atoms with Crippen molar-refractivity contribution in [3.63, 3.8) is 0 Å². The SMILES string of the molecule is COc1ccc(NC(C)C(=O)N/N=C/c2ccc(Br)cc2)cc1. The van der Waals surface area contributed by atoms with Gasteiger partial charge in [-0.05, 0) is 48.9 Å². The van der Waals surface area contributed by atoms with Gasteiger partial charge in [0.05, 0.1) is 13.3 Å². The van der Waals surface area contributed by atoms with E-state index in [1.54, 1.807) is 20.2 Å². The van der Waals surface area contributed by atoms with Crippen molar-refractivity contribution in [3.05, 3.63) is 58.6 Å². The molecule has 1 atom stereocenters. The Balaban J connectivity index is 1.85. The van der Waals surface area contributed by atoms with Gasteiger partial charge >= 0.3 is 0 Å². The van der Waals surface area contributed by atoms with Gasteiger partial charge in [-0.2, -0.15) is 5.10 Å². The second-order valence-corrected chi connectivity index (χ2v) is 5.80. The highest BCUT2D eigenvalue weighted by Crippen LogP contribution is 2.15. The highest BCUT2D eigenvalue weighted by Gasteiger charge is 2.11. The number of halogens is 1. The summed E-state index contributed by atoms with van der Waals surface area (Å²) in [6, 6.07) is 14.6. The van der Waals surface area contributed by atoms with Gasteiger partial charge in [0.2, 0.25) is 0 Å². The lowest BCUT2D eigenvalue weighted by Gasteiger charge is -2.13. The molecule has 0 saturated heterocycles. The highest BCUT2D eigenvalue weighted by atomic mass is 79.9. The highest BCUT2D eigenvalue weighted by molar-refractivity contribution is 9.10. The van der Waals surface area contributed by atoms with Gasteiger partial charge in [-0.1, -0.05) is 28.1 Å². The largest absolute Gasteiger partial charge is 0.497 e. The number of hydrazone groups is 1. The molecule has 0 aliphatic carbocycles. The molecule has 0 fully saturated rings. The van der Waals surface area contributed by atoms with Crippen LogP contribution in [0.3, 0.4) is 0 Å². The summed E-state index contributed by atoms with van der Waals surface area (Å²) in [4.78, 5) is 12.0. The van der Waals surface area contributed by atoms with Crippen LogP contribution in [0, 0.1) is 0 Å². The molecule has 2 rings (SSSR count). The summed E-state index contributed by atoms with van der Waals surface area (Å²) in [5.74, 6) is 0.556. The van der Waals surface area contributed by atoms with E-state index in [9.17, 15) is 4.79 Å². The van der Waals surface area contributed by atoms with Gasteiger partial charge in [0.15, 0.2) is 0 Å². The van der Waals surface area contributed by atoms with E-state index in [0.717, 1.165) is 21.5 Å². The van der Waals surface area contributed by atoms with Crippen molar-refractivity contribution >= 4 is 33.7 Å². The molecule has 0 radical (unpaired) electrons. The van der Waals surface area contributed by atoms with Crippen LogP contribution in [0.4, 0.5) is 5.69 Å². The average Bonchev–Trinajstić information content (AvgIpc) is 2.57. The summed E-state index contributed by atoms with van der Waals surface area (Å²) in [5, 5.41) is 7.06. The maximum absolute atomic E-state index is 12.0. The molecular weight excluding hydrogens is 358 g/mol. The Kier molecular flexibility index (Phi) is 6.17. The molecule has 5 nitrogen and oxygen atoms in total.